The SMILES string of the molecule is O=C(CCc1cn[nH]c1)NCc1ccc(-c2ccc(F)cc2)o1. The highest BCUT2D eigenvalue weighted by molar-refractivity contribution is 5.76. The molecule has 0 atom stereocenters. The molecular formula is C17H16FN3O2. The van der Waals surface area contributed by atoms with E-state index in [1.807, 2.05) is 0 Å². The fourth-order valence-electron chi connectivity index (χ4n) is 2.19. The van der Waals surface area contributed by atoms with Gasteiger partial charge in [0.15, 0.2) is 0 Å². The van der Waals surface area contributed by atoms with Crippen LogP contribution in [0.2, 0.25) is 0 Å². The number of amides is 1. The molecule has 0 unspecified atom stereocenters. The van der Waals surface area contributed by atoms with Crippen LogP contribution in [0, 0.1) is 5.82 Å². The van der Waals surface area contributed by atoms with Gasteiger partial charge >= 0.3 is 0 Å². The Hall–Kier alpha value is -2.89. The summed E-state index contributed by atoms with van der Waals surface area (Å²) in [6.45, 7) is 0.325. The summed E-state index contributed by atoms with van der Waals surface area (Å²) in [5.74, 6) is 0.963. The Morgan fingerprint density at radius 3 is 2.78 bits per heavy atom. The topological polar surface area (TPSA) is 70.9 Å². The van der Waals surface area contributed by atoms with Crippen LogP contribution in [0.25, 0.3) is 11.3 Å². The summed E-state index contributed by atoms with van der Waals surface area (Å²) in [6.07, 6.45) is 4.51. The van der Waals surface area contributed by atoms with Crippen LogP contribution in [-0.4, -0.2) is 16.1 Å². The number of H-pyrrole nitrogens is 1. The highest BCUT2D eigenvalue weighted by Crippen LogP contribution is 2.22. The van der Waals surface area contributed by atoms with Crippen molar-refractivity contribution in [1.29, 1.82) is 0 Å². The number of carbonyl (C=O) groups excluding carboxylic acids is 1. The molecule has 0 spiro atoms. The predicted molar refractivity (Wildman–Crippen MR) is 82.9 cm³/mol. The van der Waals surface area contributed by atoms with Crippen molar-refractivity contribution in [3.8, 4) is 11.3 Å². The molecule has 0 aliphatic carbocycles. The van der Waals surface area contributed by atoms with E-state index >= 15 is 0 Å². The first-order valence-corrected chi connectivity index (χ1v) is 7.30. The lowest BCUT2D eigenvalue weighted by molar-refractivity contribution is -0.121. The zero-order valence-corrected chi connectivity index (χ0v) is 12.4. The van der Waals surface area contributed by atoms with Gasteiger partial charge in [-0.3, -0.25) is 9.89 Å². The van der Waals surface area contributed by atoms with Crippen molar-refractivity contribution in [3.05, 3.63) is 65.9 Å². The van der Waals surface area contributed by atoms with Gasteiger partial charge in [0.2, 0.25) is 5.91 Å². The highest BCUT2D eigenvalue weighted by atomic mass is 19.1. The Morgan fingerprint density at radius 1 is 1.22 bits per heavy atom. The quantitative estimate of drug-likeness (QED) is 0.735. The third-order valence-electron chi connectivity index (χ3n) is 3.45. The summed E-state index contributed by atoms with van der Waals surface area (Å²) in [5.41, 5.74) is 1.79. The maximum Gasteiger partial charge on any atom is 0.220 e. The molecule has 0 radical (unpaired) electrons. The summed E-state index contributed by atoms with van der Waals surface area (Å²) in [7, 11) is 0. The molecule has 1 aromatic carbocycles. The molecule has 2 heterocycles. The number of carbonyl (C=O) groups is 1. The van der Waals surface area contributed by atoms with Crippen molar-refractivity contribution >= 4 is 5.91 Å². The van der Waals surface area contributed by atoms with Crippen molar-refractivity contribution in [3.63, 3.8) is 0 Å². The van der Waals surface area contributed by atoms with Crippen LogP contribution >= 0.6 is 0 Å². The lowest BCUT2D eigenvalue weighted by atomic mass is 10.2. The number of benzene rings is 1. The molecule has 118 valence electrons. The summed E-state index contributed by atoms with van der Waals surface area (Å²) in [4.78, 5) is 11.8. The number of nitrogens with one attached hydrogen (secondary N) is 2. The van der Waals surface area contributed by atoms with E-state index in [0.717, 1.165) is 11.1 Å². The smallest absolute Gasteiger partial charge is 0.220 e. The van der Waals surface area contributed by atoms with Gasteiger partial charge in [0.1, 0.15) is 17.3 Å². The highest BCUT2D eigenvalue weighted by Gasteiger charge is 2.07. The minimum atomic E-state index is -0.287. The molecule has 2 N–H and O–H groups in total. The van der Waals surface area contributed by atoms with Gasteiger partial charge in [-0.25, -0.2) is 4.39 Å². The Kier molecular flexibility index (Phi) is 4.52. The van der Waals surface area contributed by atoms with Crippen molar-refractivity contribution in [2.24, 2.45) is 0 Å². The third-order valence-corrected chi connectivity index (χ3v) is 3.45. The van der Waals surface area contributed by atoms with E-state index in [4.69, 9.17) is 4.42 Å². The number of aryl methyl sites for hydroxylation is 1. The van der Waals surface area contributed by atoms with E-state index in [0.29, 0.717) is 30.9 Å². The number of hydrogen-bond acceptors (Lipinski definition) is 3. The minimum absolute atomic E-state index is 0.0501. The standard InChI is InChI=1S/C17H16FN3O2/c18-14-4-2-13(3-5-14)16-7-6-15(23-16)11-19-17(22)8-1-12-9-20-21-10-12/h2-7,9-10H,1,8,11H2,(H,19,22)(H,20,21). The summed E-state index contributed by atoms with van der Waals surface area (Å²) in [5, 5.41) is 9.36. The molecule has 2 aromatic heterocycles. The second-order valence-electron chi connectivity index (χ2n) is 5.16. The van der Waals surface area contributed by atoms with Crippen LogP contribution in [0.3, 0.4) is 0 Å². The molecule has 0 fully saturated rings. The largest absolute Gasteiger partial charge is 0.459 e. The Bertz CT molecular complexity index is 764. The van der Waals surface area contributed by atoms with Gasteiger partial charge in [-0.2, -0.15) is 5.10 Å². The Balaban J connectivity index is 1.50. The molecule has 1 amide bonds. The third kappa shape index (κ3) is 4.06. The van der Waals surface area contributed by atoms with Crippen LogP contribution in [-0.2, 0) is 17.8 Å². The number of furan rings is 1. The first kappa shape index (κ1) is 15.0. The average Bonchev–Trinajstić information content (AvgIpc) is 3.23. The average molecular weight is 313 g/mol. The molecule has 0 aliphatic heterocycles. The lowest BCUT2D eigenvalue weighted by Gasteiger charge is -2.02. The van der Waals surface area contributed by atoms with Gasteiger partial charge < -0.3 is 9.73 Å². The predicted octanol–water partition coefficient (Wildman–Crippen LogP) is 3.06. The molecule has 0 bridgehead atoms. The van der Waals surface area contributed by atoms with Gasteiger partial charge in [-0.1, -0.05) is 0 Å². The maximum absolute atomic E-state index is 12.9. The monoisotopic (exact) mass is 313 g/mol. The Labute approximate surface area is 132 Å². The summed E-state index contributed by atoms with van der Waals surface area (Å²) < 4.78 is 18.6. The molecule has 0 saturated heterocycles. The molecule has 3 rings (SSSR count). The van der Waals surface area contributed by atoms with Gasteiger partial charge in [0.25, 0.3) is 0 Å². The van der Waals surface area contributed by atoms with E-state index < -0.39 is 0 Å². The van der Waals surface area contributed by atoms with Gasteiger partial charge in [-0.15, -0.1) is 0 Å². The van der Waals surface area contributed by atoms with Gasteiger partial charge in [-0.05, 0) is 48.4 Å². The van der Waals surface area contributed by atoms with Gasteiger partial charge in [0.05, 0.1) is 12.7 Å². The molecule has 0 saturated carbocycles. The number of halogens is 1. The van der Waals surface area contributed by atoms with Crippen molar-refractivity contribution in [1.82, 2.24) is 15.5 Å². The molecule has 3 aromatic rings. The van der Waals surface area contributed by atoms with Crippen molar-refractivity contribution < 1.29 is 13.6 Å². The zero-order chi connectivity index (χ0) is 16.1. The number of hydrogen-bond donors (Lipinski definition) is 2. The fourth-order valence-corrected chi connectivity index (χ4v) is 2.19. The van der Waals surface area contributed by atoms with Gasteiger partial charge in [0, 0.05) is 18.2 Å². The van der Waals surface area contributed by atoms with E-state index in [9.17, 15) is 9.18 Å². The summed E-state index contributed by atoms with van der Waals surface area (Å²) in [6, 6.07) is 9.68. The van der Waals surface area contributed by atoms with Crippen LogP contribution in [0.4, 0.5) is 4.39 Å². The zero-order valence-electron chi connectivity index (χ0n) is 12.4. The molecule has 5 nitrogen and oxygen atoms in total. The van der Waals surface area contributed by atoms with Crippen LogP contribution in [0.1, 0.15) is 17.7 Å². The fraction of sp³-hybridized carbons (Fsp3) is 0.176. The first-order chi connectivity index (χ1) is 11.2. The number of aromatic nitrogens is 2. The van der Waals surface area contributed by atoms with Crippen LogP contribution in [0.15, 0.2) is 53.2 Å². The van der Waals surface area contributed by atoms with E-state index in [1.54, 1.807) is 36.7 Å². The Morgan fingerprint density at radius 2 is 2.04 bits per heavy atom. The first-order valence-electron chi connectivity index (χ1n) is 7.30. The normalized spacial score (nSPS) is 10.7. The number of rotatable bonds is 6. The van der Waals surface area contributed by atoms with E-state index in [2.05, 4.69) is 15.5 Å². The maximum atomic E-state index is 12.9. The van der Waals surface area contributed by atoms with Crippen molar-refractivity contribution in [2.75, 3.05) is 0 Å². The van der Waals surface area contributed by atoms with Crippen molar-refractivity contribution in [2.45, 2.75) is 19.4 Å². The second-order valence-corrected chi connectivity index (χ2v) is 5.16. The van der Waals surface area contributed by atoms with Crippen LogP contribution in [0.5, 0.6) is 0 Å². The minimum Gasteiger partial charge on any atom is -0.459 e. The lowest BCUT2D eigenvalue weighted by Crippen LogP contribution is -2.22. The molecular weight excluding hydrogens is 297 g/mol. The molecule has 23 heavy (non-hydrogen) atoms. The number of aromatic amines is 1. The van der Waals surface area contributed by atoms with Crippen LogP contribution < -0.4 is 5.32 Å². The van der Waals surface area contributed by atoms with E-state index in [-0.39, 0.29) is 11.7 Å². The molecule has 0 aliphatic rings. The number of nitrogens with zero attached hydrogens (tertiary/aromatic N) is 1. The van der Waals surface area contributed by atoms with E-state index in [1.165, 1.54) is 12.1 Å². The summed E-state index contributed by atoms with van der Waals surface area (Å²) >= 11 is 0. The second kappa shape index (κ2) is 6.91. The molecule has 6 heteroatoms.